The van der Waals surface area contributed by atoms with Gasteiger partial charge in [0.2, 0.25) is 0 Å². The highest BCUT2D eigenvalue weighted by Crippen LogP contribution is 2.29. The smallest absolute Gasteiger partial charge is 0.308 e. The Morgan fingerprint density at radius 1 is 0.862 bits per heavy atom. The lowest BCUT2D eigenvalue weighted by Gasteiger charge is -2.14. The Balaban J connectivity index is 2.06. The fourth-order valence-corrected chi connectivity index (χ4v) is 3.03. The molecule has 0 saturated carbocycles. The summed E-state index contributed by atoms with van der Waals surface area (Å²) >= 11 is 0. The maximum absolute atomic E-state index is 11.2. The normalized spacial score (nSPS) is 11.1. The molecule has 0 bridgehead atoms. The van der Waals surface area contributed by atoms with Crippen LogP contribution in [0.4, 0.5) is 5.69 Å². The van der Waals surface area contributed by atoms with Crippen LogP contribution in [0.15, 0.2) is 72.8 Å². The summed E-state index contributed by atoms with van der Waals surface area (Å²) in [5.41, 5.74) is 5.41. The molecule has 0 fully saturated rings. The van der Waals surface area contributed by atoms with Gasteiger partial charge in [0.25, 0.3) is 0 Å². The summed E-state index contributed by atoms with van der Waals surface area (Å²) in [5, 5.41) is 0. The minimum Gasteiger partial charge on any atom is -0.497 e. The number of benzene rings is 3. The predicted octanol–water partition coefficient (Wildman–Crippen LogP) is 5.28. The average Bonchev–Trinajstić information content (AvgIpc) is 2.72. The topological polar surface area (TPSA) is 38.8 Å². The van der Waals surface area contributed by atoms with Gasteiger partial charge in [-0.15, -0.1) is 0 Å². The van der Waals surface area contributed by atoms with Gasteiger partial charge in [0, 0.05) is 26.7 Å². The molecule has 0 saturated heterocycles. The van der Waals surface area contributed by atoms with E-state index >= 15 is 0 Å². The zero-order valence-electron chi connectivity index (χ0n) is 17.2. The summed E-state index contributed by atoms with van der Waals surface area (Å²) in [6, 6.07) is 23.9. The van der Waals surface area contributed by atoms with Crippen LogP contribution in [-0.4, -0.2) is 27.2 Å². The van der Waals surface area contributed by atoms with E-state index in [1.165, 1.54) is 6.92 Å². The van der Waals surface area contributed by atoms with Gasteiger partial charge in [-0.25, -0.2) is 0 Å². The Bertz CT molecular complexity index is 1000. The fraction of sp³-hybridized carbons (Fsp3) is 0.160. The molecule has 0 atom stereocenters. The van der Waals surface area contributed by atoms with E-state index in [0.29, 0.717) is 5.75 Å². The van der Waals surface area contributed by atoms with E-state index in [1.54, 1.807) is 7.11 Å². The molecule has 29 heavy (non-hydrogen) atoms. The summed E-state index contributed by atoms with van der Waals surface area (Å²) in [4.78, 5) is 13.3. The number of hydrogen-bond acceptors (Lipinski definition) is 4. The van der Waals surface area contributed by atoms with Crippen molar-refractivity contribution < 1.29 is 14.3 Å². The van der Waals surface area contributed by atoms with E-state index in [9.17, 15) is 4.79 Å². The molecule has 0 aliphatic heterocycles. The summed E-state index contributed by atoms with van der Waals surface area (Å²) in [5.74, 6) is 1.02. The van der Waals surface area contributed by atoms with Crippen molar-refractivity contribution in [3.63, 3.8) is 0 Å². The zero-order valence-corrected chi connectivity index (χ0v) is 17.2. The number of hydrogen-bond donors (Lipinski definition) is 0. The molecule has 3 aromatic carbocycles. The average molecular weight is 387 g/mol. The second-order valence-electron chi connectivity index (χ2n) is 6.89. The van der Waals surface area contributed by atoms with E-state index in [0.717, 1.165) is 33.7 Å². The van der Waals surface area contributed by atoms with Crippen molar-refractivity contribution in [1.82, 2.24) is 0 Å². The van der Waals surface area contributed by atoms with Crippen molar-refractivity contribution in [3.8, 4) is 11.5 Å². The third-order valence-corrected chi connectivity index (χ3v) is 4.53. The van der Waals surface area contributed by atoms with Crippen LogP contribution in [0.5, 0.6) is 11.5 Å². The second-order valence-corrected chi connectivity index (χ2v) is 6.89. The lowest BCUT2D eigenvalue weighted by atomic mass is 9.95. The molecule has 4 heteroatoms. The molecule has 3 rings (SSSR count). The molecule has 3 aromatic rings. The van der Waals surface area contributed by atoms with Crippen molar-refractivity contribution in [2.45, 2.75) is 6.92 Å². The Kier molecular flexibility index (Phi) is 6.35. The third kappa shape index (κ3) is 5.26. The first-order chi connectivity index (χ1) is 14.0. The standard InChI is InChI=1S/C25H25NO3/c1-18(27)29-24-14-10-21(11-15-24)25(20-8-12-23(28-4)13-9-20)17-19-6-5-7-22(16-19)26(2)3/h5-17H,1-4H3. The van der Waals surface area contributed by atoms with E-state index in [-0.39, 0.29) is 5.97 Å². The molecule has 0 heterocycles. The number of methoxy groups -OCH3 is 1. The van der Waals surface area contributed by atoms with E-state index < -0.39 is 0 Å². The minimum absolute atomic E-state index is 0.329. The molecule has 0 spiro atoms. The quantitative estimate of drug-likeness (QED) is 0.328. The maximum Gasteiger partial charge on any atom is 0.308 e. The lowest BCUT2D eigenvalue weighted by Crippen LogP contribution is -2.08. The first kappa shape index (κ1) is 20.2. The van der Waals surface area contributed by atoms with Gasteiger partial charge in [-0.05, 0) is 64.7 Å². The van der Waals surface area contributed by atoms with Crippen molar-refractivity contribution in [1.29, 1.82) is 0 Å². The van der Waals surface area contributed by atoms with E-state index in [4.69, 9.17) is 9.47 Å². The van der Waals surface area contributed by atoms with Crippen LogP contribution < -0.4 is 14.4 Å². The van der Waals surface area contributed by atoms with Crippen LogP contribution in [0.2, 0.25) is 0 Å². The van der Waals surface area contributed by atoms with Gasteiger partial charge in [-0.2, -0.15) is 0 Å². The SMILES string of the molecule is COc1ccc(C(=Cc2cccc(N(C)C)c2)c2ccc(OC(C)=O)cc2)cc1. The summed E-state index contributed by atoms with van der Waals surface area (Å²) in [7, 11) is 5.72. The Hall–Kier alpha value is -3.53. The largest absolute Gasteiger partial charge is 0.497 e. The molecule has 0 aromatic heterocycles. The molecule has 0 aliphatic rings. The Morgan fingerprint density at radius 2 is 1.45 bits per heavy atom. The highest BCUT2D eigenvalue weighted by Gasteiger charge is 2.08. The highest BCUT2D eigenvalue weighted by molar-refractivity contribution is 5.92. The fourth-order valence-electron chi connectivity index (χ4n) is 3.03. The number of nitrogens with zero attached hydrogens (tertiary/aromatic N) is 1. The molecule has 0 N–H and O–H groups in total. The molecular formula is C25H25NO3. The first-order valence-corrected chi connectivity index (χ1v) is 9.38. The van der Waals surface area contributed by atoms with Crippen molar-refractivity contribution in [3.05, 3.63) is 89.5 Å². The highest BCUT2D eigenvalue weighted by atomic mass is 16.5. The molecule has 148 valence electrons. The summed E-state index contributed by atoms with van der Waals surface area (Å²) < 4.78 is 10.5. The van der Waals surface area contributed by atoms with Crippen LogP contribution in [0.3, 0.4) is 0 Å². The van der Waals surface area contributed by atoms with Gasteiger partial charge in [0.1, 0.15) is 11.5 Å². The minimum atomic E-state index is -0.329. The molecule has 4 nitrogen and oxygen atoms in total. The van der Waals surface area contributed by atoms with E-state index in [1.807, 2.05) is 62.6 Å². The van der Waals surface area contributed by atoms with E-state index in [2.05, 4.69) is 35.2 Å². The first-order valence-electron chi connectivity index (χ1n) is 9.38. The van der Waals surface area contributed by atoms with Crippen molar-refractivity contribution in [2.75, 3.05) is 26.1 Å². The van der Waals surface area contributed by atoms with Gasteiger partial charge in [0.05, 0.1) is 7.11 Å². The zero-order chi connectivity index (χ0) is 20.8. The Labute approximate surface area is 172 Å². The third-order valence-electron chi connectivity index (χ3n) is 4.53. The van der Waals surface area contributed by atoms with Crippen molar-refractivity contribution in [2.24, 2.45) is 0 Å². The van der Waals surface area contributed by atoms with Crippen LogP contribution in [0.25, 0.3) is 11.6 Å². The van der Waals surface area contributed by atoms with Gasteiger partial charge in [-0.3, -0.25) is 4.79 Å². The van der Waals surface area contributed by atoms with Crippen LogP contribution in [-0.2, 0) is 4.79 Å². The molecule has 0 aliphatic carbocycles. The summed E-state index contributed by atoms with van der Waals surface area (Å²) in [6.45, 7) is 1.40. The number of carbonyl (C=O) groups is 1. The number of carbonyl (C=O) groups excluding carboxylic acids is 1. The second kappa shape index (κ2) is 9.11. The molecule has 0 radical (unpaired) electrons. The Morgan fingerprint density at radius 3 is 1.97 bits per heavy atom. The predicted molar refractivity (Wildman–Crippen MR) is 118 cm³/mol. The lowest BCUT2D eigenvalue weighted by molar-refractivity contribution is -0.131. The van der Waals surface area contributed by atoms with Crippen LogP contribution >= 0.6 is 0 Å². The van der Waals surface area contributed by atoms with Gasteiger partial charge >= 0.3 is 5.97 Å². The number of anilines is 1. The molecular weight excluding hydrogens is 362 g/mol. The number of ether oxygens (including phenoxy) is 2. The van der Waals surface area contributed by atoms with Gasteiger partial charge in [-0.1, -0.05) is 36.4 Å². The van der Waals surface area contributed by atoms with Crippen LogP contribution in [0.1, 0.15) is 23.6 Å². The van der Waals surface area contributed by atoms with Gasteiger partial charge in [0.15, 0.2) is 0 Å². The van der Waals surface area contributed by atoms with Crippen molar-refractivity contribution >= 4 is 23.3 Å². The number of esters is 1. The van der Waals surface area contributed by atoms with Crippen LogP contribution in [0, 0.1) is 0 Å². The maximum atomic E-state index is 11.2. The molecule has 0 unspecified atom stereocenters. The van der Waals surface area contributed by atoms with Gasteiger partial charge < -0.3 is 14.4 Å². The summed E-state index contributed by atoms with van der Waals surface area (Å²) in [6.07, 6.45) is 2.16. The molecule has 0 amide bonds. The monoisotopic (exact) mass is 387 g/mol. The number of rotatable bonds is 6.